The summed E-state index contributed by atoms with van der Waals surface area (Å²) in [6, 6.07) is 0. The standard InChI is InChI=1S/C9H15Br2N/c10-9(11)5-7-1-3-8(6-12)4-2-7/h5,7-8H,1-4,6,12H2. The Morgan fingerprint density at radius 1 is 1.25 bits per heavy atom. The predicted octanol–water partition coefficient (Wildman–Crippen LogP) is 3.38. The van der Waals surface area contributed by atoms with Gasteiger partial charge in [0.25, 0.3) is 0 Å². The average Bonchev–Trinajstić information content (AvgIpc) is 2.05. The maximum absolute atomic E-state index is 5.62. The molecule has 0 aromatic rings. The van der Waals surface area contributed by atoms with E-state index in [0.717, 1.165) is 21.8 Å². The molecule has 2 N–H and O–H groups in total. The Hall–Kier alpha value is 0.660. The maximum atomic E-state index is 5.62. The Balaban J connectivity index is 2.31. The van der Waals surface area contributed by atoms with Gasteiger partial charge >= 0.3 is 0 Å². The third-order valence-electron chi connectivity index (χ3n) is 2.59. The fourth-order valence-corrected chi connectivity index (χ4v) is 2.52. The molecule has 1 rings (SSSR count). The fourth-order valence-electron chi connectivity index (χ4n) is 1.77. The van der Waals surface area contributed by atoms with Gasteiger partial charge in [0.05, 0.1) is 3.39 Å². The molecule has 1 fully saturated rings. The monoisotopic (exact) mass is 295 g/mol. The van der Waals surface area contributed by atoms with Gasteiger partial charge in [0.1, 0.15) is 0 Å². The van der Waals surface area contributed by atoms with Crippen LogP contribution in [0.4, 0.5) is 0 Å². The normalized spacial score (nSPS) is 29.9. The third kappa shape index (κ3) is 3.58. The van der Waals surface area contributed by atoms with Crippen molar-refractivity contribution < 1.29 is 0 Å². The zero-order valence-corrected chi connectivity index (χ0v) is 10.3. The molecule has 0 saturated heterocycles. The van der Waals surface area contributed by atoms with Crippen LogP contribution >= 0.6 is 31.9 Å². The molecule has 1 aliphatic carbocycles. The first-order chi connectivity index (χ1) is 5.72. The molecule has 0 aliphatic heterocycles. The van der Waals surface area contributed by atoms with Gasteiger partial charge in [-0.3, -0.25) is 0 Å². The molecule has 70 valence electrons. The maximum Gasteiger partial charge on any atom is 0.0567 e. The van der Waals surface area contributed by atoms with Crippen LogP contribution in [0, 0.1) is 11.8 Å². The van der Waals surface area contributed by atoms with Gasteiger partial charge in [-0.05, 0) is 75.9 Å². The van der Waals surface area contributed by atoms with Crippen molar-refractivity contribution >= 4 is 31.9 Å². The Bertz CT molecular complexity index is 156. The van der Waals surface area contributed by atoms with Crippen molar-refractivity contribution in [3.05, 3.63) is 9.47 Å². The SMILES string of the molecule is NCC1CCC(C=C(Br)Br)CC1. The number of hydrogen-bond donors (Lipinski definition) is 1. The van der Waals surface area contributed by atoms with Gasteiger partial charge in [0, 0.05) is 0 Å². The summed E-state index contributed by atoms with van der Waals surface area (Å²) in [7, 11) is 0. The van der Waals surface area contributed by atoms with E-state index in [4.69, 9.17) is 5.73 Å². The van der Waals surface area contributed by atoms with E-state index in [9.17, 15) is 0 Å². The van der Waals surface area contributed by atoms with Crippen LogP contribution in [0.1, 0.15) is 25.7 Å². The summed E-state index contributed by atoms with van der Waals surface area (Å²) in [5, 5.41) is 0. The fraction of sp³-hybridized carbons (Fsp3) is 0.778. The molecule has 12 heavy (non-hydrogen) atoms. The first kappa shape index (κ1) is 10.7. The summed E-state index contributed by atoms with van der Waals surface area (Å²) in [6.45, 7) is 0.867. The lowest BCUT2D eigenvalue weighted by molar-refractivity contribution is 0.317. The van der Waals surface area contributed by atoms with E-state index in [2.05, 4.69) is 37.9 Å². The minimum absolute atomic E-state index is 0.751. The van der Waals surface area contributed by atoms with E-state index in [-0.39, 0.29) is 0 Å². The highest BCUT2D eigenvalue weighted by atomic mass is 79.9. The second-order valence-corrected chi connectivity index (χ2v) is 6.25. The van der Waals surface area contributed by atoms with Crippen LogP contribution in [-0.2, 0) is 0 Å². The molecule has 1 aliphatic rings. The number of nitrogens with two attached hydrogens (primary N) is 1. The van der Waals surface area contributed by atoms with Gasteiger partial charge < -0.3 is 5.73 Å². The van der Waals surface area contributed by atoms with E-state index >= 15 is 0 Å². The highest BCUT2D eigenvalue weighted by Gasteiger charge is 2.18. The molecule has 0 unspecified atom stereocenters. The molecule has 3 heteroatoms. The first-order valence-electron chi connectivity index (χ1n) is 4.45. The van der Waals surface area contributed by atoms with Crippen LogP contribution in [-0.4, -0.2) is 6.54 Å². The van der Waals surface area contributed by atoms with E-state index in [1.54, 1.807) is 0 Å². The van der Waals surface area contributed by atoms with Gasteiger partial charge in [0.15, 0.2) is 0 Å². The third-order valence-corrected chi connectivity index (χ3v) is 3.12. The van der Waals surface area contributed by atoms with Crippen molar-refractivity contribution in [2.75, 3.05) is 6.54 Å². The van der Waals surface area contributed by atoms with E-state index < -0.39 is 0 Å². The van der Waals surface area contributed by atoms with Crippen molar-refractivity contribution in [3.8, 4) is 0 Å². The molecule has 0 spiro atoms. The molecule has 0 heterocycles. The molecule has 1 nitrogen and oxygen atoms in total. The Kier molecular flexibility index (Phi) is 4.84. The molecule has 0 aromatic carbocycles. The molecule has 0 amide bonds. The molecule has 1 saturated carbocycles. The van der Waals surface area contributed by atoms with Crippen LogP contribution in [0.5, 0.6) is 0 Å². The lowest BCUT2D eigenvalue weighted by atomic mass is 9.82. The molecule has 0 atom stereocenters. The van der Waals surface area contributed by atoms with Crippen molar-refractivity contribution in [3.63, 3.8) is 0 Å². The molecule has 0 aromatic heterocycles. The van der Waals surface area contributed by atoms with Gasteiger partial charge in [0.2, 0.25) is 0 Å². The smallest absolute Gasteiger partial charge is 0.0567 e. The minimum Gasteiger partial charge on any atom is -0.330 e. The zero-order chi connectivity index (χ0) is 8.97. The number of halogens is 2. The summed E-state index contributed by atoms with van der Waals surface area (Å²) < 4.78 is 1.09. The van der Waals surface area contributed by atoms with E-state index in [0.29, 0.717) is 0 Å². The summed E-state index contributed by atoms with van der Waals surface area (Å²) >= 11 is 6.79. The van der Waals surface area contributed by atoms with Crippen molar-refractivity contribution in [2.45, 2.75) is 25.7 Å². The molecule has 0 radical (unpaired) electrons. The van der Waals surface area contributed by atoms with Crippen molar-refractivity contribution in [1.82, 2.24) is 0 Å². The van der Waals surface area contributed by atoms with Gasteiger partial charge in [-0.25, -0.2) is 0 Å². The number of allylic oxidation sites excluding steroid dienone is 1. The predicted molar refractivity (Wildman–Crippen MR) is 60.4 cm³/mol. The second kappa shape index (κ2) is 5.40. The summed E-state index contributed by atoms with van der Waals surface area (Å²) in [4.78, 5) is 0. The Morgan fingerprint density at radius 3 is 2.25 bits per heavy atom. The highest BCUT2D eigenvalue weighted by Crippen LogP contribution is 2.31. The van der Waals surface area contributed by atoms with Gasteiger partial charge in [-0.2, -0.15) is 0 Å². The minimum atomic E-state index is 0.751. The summed E-state index contributed by atoms with van der Waals surface area (Å²) in [5.41, 5.74) is 5.62. The van der Waals surface area contributed by atoms with E-state index in [1.807, 2.05) is 0 Å². The van der Waals surface area contributed by atoms with Gasteiger partial charge in [-0.15, -0.1) is 0 Å². The van der Waals surface area contributed by atoms with Crippen LogP contribution in [0.2, 0.25) is 0 Å². The Labute approximate surface area is 91.0 Å². The average molecular weight is 297 g/mol. The topological polar surface area (TPSA) is 26.0 Å². The Morgan fingerprint density at radius 2 is 1.83 bits per heavy atom. The summed E-state index contributed by atoms with van der Waals surface area (Å²) in [6.07, 6.45) is 7.44. The van der Waals surface area contributed by atoms with E-state index in [1.165, 1.54) is 25.7 Å². The largest absolute Gasteiger partial charge is 0.330 e. The van der Waals surface area contributed by atoms with Crippen molar-refractivity contribution in [2.24, 2.45) is 17.6 Å². The van der Waals surface area contributed by atoms with Crippen molar-refractivity contribution in [1.29, 1.82) is 0 Å². The quantitative estimate of drug-likeness (QED) is 0.830. The zero-order valence-electron chi connectivity index (χ0n) is 7.10. The molecular weight excluding hydrogens is 282 g/mol. The lowest BCUT2D eigenvalue weighted by Gasteiger charge is -2.25. The van der Waals surface area contributed by atoms with Crippen LogP contribution in [0.25, 0.3) is 0 Å². The molecular formula is C9H15Br2N. The first-order valence-corrected chi connectivity index (χ1v) is 6.04. The van der Waals surface area contributed by atoms with Crippen LogP contribution in [0.3, 0.4) is 0 Å². The van der Waals surface area contributed by atoms with Crippen LogP contribution in [0.15, 0.2) is 9.47 Å². The lowest BCUT2D eigenvalue weighted by Crippen LogP contribution is -2.20. The number of hydrogen-bond acceptors (Lipinski definition) is 1. The molecule has 0 bridgehead atoms. The number of rotatable bonds is 2. The van der Waals surface area contributed by atoms with Crippen LogP contribution < -0.4 is 5.73 Å². The second-order valence-electron chi connectivity index (χ2n) is 3.47. The summed E-state index contributed by atoms with van der Waals surface area (Å²) in [5.74, 6) is 1.53. The van der Waals surface area contributed by atoms with Gasteiger partial charge in [-0.1, -0.05) is 6.08 Å². The highest BCUT2D eigenvalue weighted by molar-refractivity contribution is 9.28.